The van der Waals surface area contributed by atoms with E-state index in [4.69, 9.17) is 16.3 Å². The number of carbonyl (C=O) groups is 2. The Bertz CT molecular complexity index is 1270. The number of carbonyl (C=O) groups excluding carboxylic acids is 2. The third-order valence-corrected chi connectivity index (χ3v) is 6.02. The monoisotopic (exact) mass is 458 g/mol. The molecule has 7 nitrogen and oxygen atoms in total. The van der Waals surface area contributed by atoms with E-state index in [9.17, 15) is 14.0 Å². The molecule has 10 heteroatoms. The molecule has 2 N–H and O–H groups in total. The molecule has 31 heavy (non-hydrogen) atoms. The van der Waals surface area contributed by atoms with E-state index in [-0.39, 0.29) is 22.4 Å². The highest BCUT2D eigenvalue weighted by molar-refractivity contribution is 7.21. The molecule has 0 fully saturated rings. The minimum absolute atomic E-state index is 0.0369. The number of rotatable bonds is 6. The molecule has 2 heterocycles. The second-order valence-electron chi connectivity index (χ2n) is 6.54. The van der Waals surface area contributed by atoms with E-state index in [2.05, 4.69) is 15.7 Å². The van der Waals surface area contributed by atoms with Crippen LogP contribution in [0.5, 0.6) is 5.75 Å². The maximum Gasteiger partial charge on any atom is 0.267 e. The topological polar surface area (TPSA) is 85.2 Å². The number of benzene rings is 2. The highest BCUT2D eigenvalue weighted by Gasteiger charge is 2.18. The number of nitrogens with one attached hydrogen (secondary N) is 2. The van der Waals surface area contributed by atoms with E-state index in [0.717, 1.165) is 11.3 Å². The Labute approximate surface area is 185 Å². The van der Waals surface area contributed by atoms with E-state index in [1.165, 1.54) is 29.2 Å². The fourth-order valence-corrected chi connectivity index (χ4v) is 4.35. The Balaban J connectivity index is 1.40. The van der Waals surface area contributed by atoms with Gasteiger partial charge < -0.3 is 15.4 Å². The van der Waals surface area contributed by atoms with Crippen molar-refractivity contribution >= 4 is 56.2 Å². The van der Waals surface area contributed by atoms with Crippen molar-refractivity contribution in [1.29, 1.82) is 0 Å². The lowest BCUT2D eigenvalue weighted by atomic mass is 10.2. The van der Waals surface area contributed by atoms with Crippen molar-refractivity contribution < 1.29 is 18.7 Å². The summed E-state index contributed by atoms with van der Waals surface area (Å²) in [6.07, 6.45) is 2.96. The molecular formula is C21H16ClFN4O3S. The number of ether oxygens (including phenoxy) is 1. The van der Waals surface area contributed by atoms with Gasteiger partial charge in [0.15, 0.2) is 0 Å². The van der Waals surface area contributed by atoms with Crippen molar-refractivity contribution in [3.05, 3.63) is 70.6 Å². The Morgan fingerprint density at radius 1 is 1.16 bits per heavy atom. The van der Waals surface area contributed by atoms with Gasteiger partial charge in [0, 0.05) is 22.0 Å². The molecule has 0 radical (unpaired) electrons. The Morgan fingerprint density at radius 3 is 2.68 bits per heavy atom. The van der Waals surface area contributed by atoms with Crippen LogP contribution in [0.15, 0.2) is 54.9 Å². The Kier molecular flexibility index (Phi) is 5.88. The zero-order valence-electron chi connectivity index (χ0n) is 16.2. The first-order valence-corrected chi connectivity index (χ1v) is 10.3. The first-order chi connectivity index (χ1) is 14.9. The summed E-state index contributed by atoms with van der Waals surface area (Å²) >= 11 is 7.39. The highest BCUT2D eigenvalue weighted by Crippen LogP contribution is 2.36. The highest BCUT2D eigenvalue weighted by atomic mass is 35.5. The molecule has 0 atom stereocenters. The Hall–Kier alpha value is -3.43. The first-order valence-electron chi connectivity index (χ1n) is 9.08. The molecule has 0 saturated carbocycles. The molecule has 2 amide bonds. The van der Waals surface area contributed by atoms with Gasteiger partial charge in [0.25, 0.3) is 5.91 Å². The molecule has 158 valence electrons. The second kappa shape index (κ2) is 8.75. The quantitative estimate of drug-likeness (QED) is 0.435. The number of fused-ring (bicyclic) bond motifs is 1. The number of thiophene rings is 1. The molecule has 0 aliphatic heterocycles. The van der Waals surface area contributed by atoms with Crippen LogP contribution in [0.2, 0.25) is 5.02 Å². The number of hydrogen-bond donors (Lipinski definition) is 2. The number of methoxy groups -OCH3 is 1. The molecule has 0 aliphatic carbocycles. The summed E-state index contributed by atoms with van der Waals surface area (Å²) in [6, 6.07) is 11.1. The predicted octanol–water partition coefficient (Wildman–Crippen LogP) is 4.79. The van der Waals surface area contributed by atoms with Gasteiger partial charge in [-0.3, -0.25) is 14.3 Å². The number of hydrogen-bond acceptors (Lipinski definition) is 5. The number of amides is 2. The van der Waals surface area contributed by atoms with Crippen molar-refractivity contribution in [1.82, 2.24) is 9.78 Å². The maximum absolute atomic E-state index is 13.4. The molecule has 2 aromatic carbocycles. The van der Waals surface area contributed by atoms with E-state index in [1.54, 1.807) is 37.4 Å². The molecule has 0 saturated heterocycles. The number of nitrogens with zero attached hydrogens (tertiary/aromatic N) is 2. The van der Waals surface area contributed by atoms with Gasteiger partial charge in [-0.1, -0.05) is 11.6 Å². The van der Waals surface area contributed by atoms with Crippen molar-refractivity contribution in [2.45, 2.75) is 6.54 Å². The van der Waals surface area contributed by atoms with E-state index < -0.39 is 11.7 Å². The first kappa shape index (κ1) is 20.8. The molecular weight excluding hydrogens is 443 g/mol. The van der Waals surface area contributed by atoms with Crippen LogP contribution in [0, 0.1) is 5.82 Å². The van der Waals surface area contributed by atoms with Gasteiger partial charge in [-0.15, -0.1) is 11.3 Å². The number of halogens is 2. The lowest BCUT2D eigenvalue weighted by Crippen LogP contribution is -2.19. The zero-order chi connectivity index (χ0) is 22.0. The van der Waals surface area contributed by atoms with Crippen LogP contribution >= 0.6 is 22.9 Å². The fraction of sp³-hybridized carbons (Fsp3) is 0.0952. The smallest absolute Gasteiger partial charge is 0.267 e. The van der Waals surface area contributed by atoms with Crippen molar-refractivity contribution in [3.8, 4) is 5.75 Å². The van der Waals surface area contributed by atoms with Crippen LogP contribution in [0.25, 0.3) is 10.1 Å². The van der Waals surface area contributed by atoms with Gasteiger partial charge in [-0.05, 0) is 42.5 Å². The zero-order valence-corrected chi connectivity index (χ0v) is 17.8. The largest absolute Gasteiger partial charge is 0.497 e. The molecule has 0 aliphatic rings. The van der Waals surface area contributed by atoms with E-state index in [1.807, 2.05) is 0 Å². The summed E-state index contributed by atoms with van der Waals surface area (Å²) in [6.45, 7) is -0.0369. The minimum Gasteiger partial charge on any atom is -0.497 e. The molecule has 4 aromatic rings. The fourth-order valence-electron chi connectivity index (χ4n) is 2.91. The summed E-state index contributed by atoms with van der Waals surface area (Å²) in [5, 5.41) is 10.4. The Morgan fingerprint density at radius 2 is 1.94 bits per heavy atom. The molecule has 0 spiro atoms. The van der Waals surface area contributed by atoms with Crippen LogP contribution < -0.4 is 15.4 Å². The van der Waals surface area contributed by atoms with Crippen LogP contribution in [0.4, 0.5) is 15.8 Å². The minimum atomic E-state index is -0.436. The summed E-state index contributed by atoms with van der Waals surface area (Å²) in [5.41, 5.74) is 1.03. The lowest BCUT2D eigenvalue weighted by Gasteiger charge is -2.06. The van der Waals surface area contributed by atoms with Crippen LogP contribution in [-0.2, 0) is 11.3 Å². The number of anilines is 2. The average Bonchev–Trinajstić information content (AvgIpc) is 3.32. The molecule has 2 aromatic heterocycles. The third-order valence-electron chi connectivity index (χ3n) is 4.37. The standard InChI is InChI=1S/C21H16ClFN4O3S/c1-30-15-5-3-13(4-6-15)25-18(28)11-27-10-14(9-24-27)26-21(29)20-19(22)16-7-2-12(23)8-17(16)31-20/h2-10H,11H2,1H3,(H,25,28)(H,26,29). The lowest BCUT2D eigenvalue weighted by molar-refractivity contribution is -0.116. The third kappa shape index (κ3) is 4.68. The van der Waals surface area contributed by atoms with Crippen molar-refractivity contribution in [2.75, 3.05) is 17.7 Å². The maximum atomic E-state index is 13.4. The van der Waals surface area contributed by atoms with E-state index in [0.29, 0.717) is 27.2 Å². The molecule has 4 rings (SSSR count). The summed E-state index contributed by atoms with van der Waals surface area (Å²) < 4.78 is 20.5. The molecule has 0 bridgehead atoms. The van der Waals surface area contributed by atoms with Gasteiger partial charge in [0.05, 0.1) is 24.0 Å². The summed E-state index contributed by atoms with van der Waals surface area (Å²) in [4.78, 5) is 25.1. The van der Waals surface area contributed by atoms with Gasteiger partial charge in [-0.2, -0.15) is 5.10 Å². The SMILES string of the molecule is COc1ccc(NC(=O)Cn2cc(NC(=O)c3sc4cc(F)ccc4c3Cl)cn2)cc1. The van der Waals surface area contributed by atoms with Crippen LogP contribution in [0.3, 0.4) is 0 Å². The van der Waals surface area contributed by atoms with Crippen molar-refractivity contribution in [2.24, 2.45) is 0 Å². The van der Waals surface area contributed by atoms with Gasteiger partial charge >= 0.3 is 0 Å². The van der Waals surface area contributed by atoms with Gasteiger partial charge in [0.2, 0.25) is 5.91 Å². The predicted molar refractivity (Wildman–Crippen MR) is 119 cm³/mol. The van der Waals surface area contributed by atoms with Crippen LogP contribution in [-0.4, -0.2) is 28.7 Å². The summed E-state index contributed by atoms with van der Waals surface area (Å²) in [7, 11) is 1.57. The number of aromatic nitrogens is 2. The normalized spacial score (nSPS) is 10.8. The van der Waals surface area contributed by atoms with Crippen LogP contribution in [0.1, 0.15) is 9.67 Å². The van der Waals surface area contributed by atoms with Gasteiger partial charge in [-0.25, -0.2) is 4.39 Å². The molecule has 0 unspecified atom stereocenters. The second-order valence-corrected chi connectivity index (χ2v) is 7.97. The van der Waals surface area contributed by atoms with E-state index >= 15 is 0 Å². The summed E-state index contributed by atoms with van der Waals surface area (Å²) in [5.74, 6) is -0.421. The average molecular weight is 459 g/mol. The van der Waals surface area contributed by atoms with Gasteiger partial charge in [0.1, 0.15) is 23.0 Å². The van der Waals surface area contributed by atoms with Crippen molar-refractivity contribution in [3.63, 3.8) is 0 Å².